The van der Waals surface area contributed by atoms with E-state index in [2.05, 4.69) is 10.2 Å². The van der Waals surface area contributed by atoms with Crippen molar-refractivity contribution in [3.8, 4) is 11.4 Å². The average molecular weight is 412 g/mol. The number of hydrogen-bond donors (Lipinski definition) is 0. The van der Waals surface area contributed by atoms with Gasteiger partial charge in [-0.3, -0.25) is 0 Å². The summed E-state index contributed by atoms with van der Waals surface area (Å²) in [4.78, 5) is 12.7. The lowest BCUT2D eigenvalue weighted by atomic mass is 10.1. The summed E-state index contributed by atoms with van der Waals surface area (Å²) in [5, 5.41) is 8.80. The average Bonchev–Trinajstić information content (AvgIpc) is 3.32. The standard InChI is InChI=1S/C21H18ClN3O4/c1-3-27-21(26)20-13(2)25(15-6-4-14(22)5-7-15)18-9-8-16(10-17(18)20)28-11-19-24-23-12-29-19/h4-10,12H,3,11H2,1-2H3. The molecule has 8 heteroatoms. The van der Waals surface area contributed by atoms with E-state index >= 15 is 0 Å². The SMILES string of the molecule is CCOC(=O)c1c(C)n(-c2ccc(Cl)cc2)c2ccc(OCc3nnco3)cc12. The molecule has 0 saturated carbocycles. The molecular formula is C21H18ClN3O4. The third-order valence-corrected chi connectivity index (χ3v) is 4.76. The molecule has 0 aliphatic heterocycles. The van der Waals surface area contributed by atoms with Gasteiger partial charge >= 0.3 is 5.97 Å². The molecule has 0 unspecified atom stereocenters. The number of benzene rings is 2. The fourth-order valence-corrected chi connectivity index (χ4v) is 3.40. The van der Waals surface area contributed by atoms with Crippen LogP contribution < -0.4 is 4.74 Å². The number of rotatable bonds is 6. The van der Waals surface area contributed by atoms with E-state index < -0.39 is 0 Å². The second kappa shape index (κ2) is 7.97. The first-order chi connectivity index (χ1) is 14.1. The Kier molecular flexibility index (Phi) is 5.22. The molecule has 0 spiro atoms. The maximum absolute atomic E-state index is 12.7. The molecule has 2 aromatic carbocycles. The summed E-state index contributed by atoms with van der Waals surface area (Å²) >= 11 is 6.03. The number of carbonyl (C=O) groups is 1. The number of hydrogen-bond acceptors (Lipinski definition) is 6. The van der Waals surface area contributed by atoms with Gasteiger partial charge in [-0.2, -0.15) is 0 Å². The molecule has 0 N–H and O–H groups in total. The molecule has 0 bridgehead atoms. The molecule has 7 nitrogen and oxygen atoms in total. The Morgan fingerprint density at radius 3 is 2.69 bits per heavy atom. The minimum Gasteiger partial charge on any atom is -0.484 e. The van der Waals surface area contributed by atoms with Crippen LogP contribution in [0.3, 0.4) is 0 Å². The Balaban J connectivity index is 1.82. The number of fused-ring (bicyclic) bond motifs is 1. The maximum atomic E-state index is 12.7. The van der Waals surface area contributed by atoms with Gasteiger partial charge in [-0.25, -0.2) is 4.79 Å². The summed E-state index contributed by atoms with van der Waals surface area (Å²) in [5.41, 5.74) is 3.03. The molecule has 0 fully saturated rings. The van der Waals surface area contributed by atoms with Crippen LogP contribution in [0.2, 0.25) is 5.02 Å². The molecule has 0 saturated heterocycles. The molecule has 0 aliphatic carbocycles. The van der Waals surface area contributed by atoms with E-state index in [0.29, 0.717) is 28.8 Å². The highest BCUT2D eigenvalue weighted by atomic mass is 35.5. The first-order valence-electron chi connectivity index (χ1n) is 9.04. The van der Waals surface area contributed by atoms with Crippen LogP contribution in [0.1, 0.15) is 28.9 Å². The van der Waals surface area contributed by atoms with E-state index in [9.17, 15) is 4.79 Å². The van der Waals surface area contributed by atoms with Crippen LogP contribution in [-0.2, 0) is 11.3 Å². The highest BCUT2D eigenvalue weighted by molar-refractivity contribution is 6.30. The van der Waals surface area contributed by atoms with Crippen LogP contribution in [-0.4, -0.2) is 27.3 Å². The zero-order valence-corrected chi connectivity index (χ0v) is 16.6. The molecule has 4 rings (SSSR count). The Morgan fingerprint density at radius 1 is 1.21 bits per heavy atom. The summed E-state index contributed by atoms with van der Waals surface area (Å²) in [7, 11) is 0. The van der Waals surface area contributed by atoms with Gasteiger partial charge in [0.2, 0.25) is 6.39 Å². The Morgan fingerprint density at radius 2 is 2.00 bits per heavy atom. The molecule has 0 atom stereocenters. The van der Waals surface area contributed by atoms with Crippen LogP contribution >= 0.6 is 11.6 Å². The number of carbonyl (C=O) groups excluding carboxylic acids is 1. The lowest BCUT2D eigenvalue weighted by Gasteiger charge is -2.09. The molecule has 0 radical (unpaired) electrons. The van der Waals surface area contributed by atoms with Gasteiger partial charge < -0.3 is 18.5 Å². The van der Waals surface area contributed by atoms with E-state index in [1.165, 1.54) is 6.39 Å². The molecule has 2 aromatic heterocycles. The molecule has 29 heavy (non-hydrogen) atoms. The van der Waals surface area contributed by atoms with Crippen LogP contribution in [0.15, 0.2) is 53.3 Å². The number of esters is 1. The highest BCUT2D eigenvalue weighted by Crippen LogP contribution is 2.33. The van der Waals surface area contributed by atoms with Gasteiger partial charge in [-0.1, -0.05) is 11.6 Å². The first kappa shape index (κ1) is 19.0. The van der Waals surface area contributed by atoms with Crippen molar-refractivity contribution in [3.05, 3.63) is 71.0 Å². The van der Waals surface area contributed by atoms with E-state index in [0.717, 1.165) is 22.3 Å². The van der Waals surface area contributed by atoms with Crippen molar-refractivity contribution in [3.63, 3.8) is 0 Å². The molecule has 0 amide bonds. The summed E-state index contributed by atoms with van der Waals surface area (Å²) in [6, 6.07) is 13.0. The van der Waals surface area contributed by atoms with E-state index in [1.54, 1.807) is 6.92 Å². The van der Waals surface area contributed by atoms with Gasteiger partial charge in [0.15, 0.2) is 6.61 Å². The van der Waals surface area contributed by atoms with Crippen molar-refractivity contribution < 1.29 is 18.7 Å². The smallest absolute Gasteiger partial charge is 0.340 e. The van der Waals surface area contributed by atoms with Crippen LogP contribution in [0.4, 0.5) is 0 Å². The van der Waals surface area contributed by atoms with E-state index in [4.69, 9.17) is 25.5 Å². The first-order valence-corrected chi connectivity index (χ1v) is 9.42. The second-order valence-corrected chi connectivity index (χ2v) is 6.73. The quantitative estimate of drug-likeness (QED) is 0.427. The van der Waals surface area contributed by atoms with Gasteiger partial charge in [0.1, 0.15) is 5.75 Å². The number of halogens is 1. The Hall–Kier alpha value is -3.32. The Bertz CT molecular complexity index is 1150. The monoisotopic (exact) mass is 411 g/mol. The molecule has 0 aliphatic rings. The predicted molar refractivity (Wildman–Crippen MR) is 108 cm³/mol. The summed E-state index contributed by atoms with van der Waals surface area (Å²) in [5.74, 6) is 0.567. The van der Waals surface area contributed by atoms with Gasteiger partial charge in [0.05, 0.1) is 17.7 Å². The lowest BCUT2D eigenvalue weighted by molar-refractivity contribution is 0.0527. The van der Waals surface area contributed by atoms with Crippen molar-refractivity contribution in [2.75, 3.05) is 6.61 Å². The Labute approximate surface area is 171 Å². The van der Waals surface area contributed by atoms with Gasteiger partial charge in [-0.15, -0.1) is 10.2 Å². The van der Waals surface area contributed by atoms with Crippen molar-refractivity contribution in [1.29, 1.82) is 0 Å². The third kappa shape index (κ3) is 3.69. The largest absolute Gasteiger partial charge is 0.484 e. The number of ether oxygens (including phenoxy) is 2. The highest BCUT2D eigenvalue weighted by Gasteiger charge is 2.22. The minimum atomic E-state index is -0.378. The summed E-state index contributed by atoms with van der Waals surface area (Å²) in [6.45, 7) is 4.10. The normalized spacial score (nSPS) is 11.0. The fourth-order valence-electron chi connectivity index (χ4n) is 3.28. The van der Waals surface area contributed by atoms with Crippen molar-refractivity contribution in [2.24, 2.45) is 0 Å². The minimum absolute atomic E-state index is 0.136. The number of aromatic nitrogens is 3. The fraction of sp³-hybridized carbons (Fsp3) is 0.190. The molecule has 2 heterocycles. The predicted octanol–water partition coefficient (Wildman–Crippen LogP) is 4.73. The van der Waals surface area contributed by atoms with Crippen LogP contribution in [0.5, 0.6) is 5.75 Å². The van der Waals surface area contributed by atoms with Crippen molar-refractivity contribution >= 4 is 28.5 Å². The topological polar surface area (TPSA) is 79.4 Å². The van der Waals surface area contributed by atoms with E-state index in [1.807, 2.05) is 54.0 Å². The van der Waals surface area contributed by atoms with Gasteiger partial charge in [0, 0.05) is 21.8 Å². The van der Waals surface area contributed by atoms with Crippen LogP contribution in [0, 0.1) is 6.92 Å². The van der Waals surface area contributed by atoms with Crippen molar-refractivity contribution in [2.45, 2.75) is 20.5 Å². The summed E-state index contributed by atoms with van der Waals surface area (Å²) in [6.07, 6.45) is 1.25. The zero-order chi connectivity index (χ0) is 20.4. The maximum Gasteiger partial charge on any atom is 0.340 e. The van der Waals surface area contributed by atoms with Crippen LogP contribution in [0.25, 0.3) is 16.6 Å². The molecule has 4 aromatic rings. The third-order valence-electron chi connectivity index (χ3n) is 4.51. The molecule has 148 valence electrons. The number of nitrogens with zero attached hydrogens (tertiary/aromatic N) is 3. The van der Waals surface area contributed by atoms with E-state index in [-0.39, 0.29) is 12.6 Å². The van der Waals surface area contributed by atoms with Crippen molar-refractivity contribution in [1.82, 2.24) is 14.8 Å². The molecular weight excluding hydrogens is 394 g/mol. The second-order valence-electron chi connectivity index (χ2n) is 6.29. The lowest BCUT2D eigenvalue weighted by Crippen LogP contribution is -2.07. The van der Waals surface area contributed by atoms with Gasteiger partial charge in [0.25, 0.3) is 5.89 Å². The van der Waals surface area contributed by atoms with Gasteiger partial charge in [-0.05, 0) is 56.3 Å². The summed E-state index contributed by atoms with van der Waals surface area (Å²) < 4.78 is 18.1. The zero-order valence-electron chi connectivity index (χ0n) is 15.9.